The van der Waals surface area contributed by atoms with E-state index in [9.17, 15) is 9.59 Å². The van der Waals surface area contributed by atoms with Gasteiger partial charge in [0.25, 0.3) is 0 Å². The van der Waals surface area contributed by atoms with Crippen molar-refractivity contribution in [3.63, 3.8) is 0 Å². The number of amides is 1. The molecule has 6 nitrogen and oxygen atoms in total. The van der Waals surface area contributed by atoms with E-state index in [1.807, 2.05) is 61.5 Å². The van der Waals surface area contributed by atoms with E-state index in [4.69, 9.17) is 5.73 Å². The molecule has 130 valence electrons. The van der Waals surface area contributed by atoms with E-state index in [1.165, 1.54) is 4.57 Å². The molecule has 3 N–H and O–H groups in total. The third-order valence-electron chi connectivity index (χ3n) is 4.29. The number of nitrogens with zero attached hydrogens (tertiary/aromatic N) is 2. The number of aryl methyl sites for hydroxylation is 1. The molecule has 0 fully saturated rings. The Bertz CT molecular complexity index is 927. The van der Waals surface area contributed by atoms with Crippen molar-refractivity contribution in [3.05, 3.63) is 70.6 Å². The van der Waals surface area contributed by atoms with Crippen molar-refractivity contribution >= 4 is 16.9 Å². The highest BCUT2D eigenvalue weighted by molar-refractivity contribution is 5.81. The molecular formula is C19H22N4O2. The van der Waals surface area contributed by atoms with Crippen LogP contribution in [0.15, 0.2) is 59.4 Å². The van der Waals surface area contributed by atoms with Gasteiger partial charge in [0.2, 0.25) is 5.91 Å². The van der Waals surface area contributed by atoms with Gasteiger partial charge in [-0.25, -0.2) is 4.79 Å². The summed E-state index contributed by atoms with van der Waals surface area (Å²) < 4.78 is 3.17. The lowest BCUT2D eigenvalue weighted by Gasteiger charge is -2.13. The molecule has 1 atom stereocenters. The summed E-state index contributed by atoms with van der Waals surface area (Å²) in [6.07, 6.45) is 0. The number of para-hydroxylation sites is 2. The summed E-state index contributed by atoms with van der Waals surface area (Å²) in [4.78, 5) is 24.8. The summed E-state index contributed by atoms with van der Waals surface area (Å²) in [7, 11) is 0. The average molecular weight is 338 g/mol. The number of fused-ring (bicyclic) bond motifs is 1. The van der Waals surface area contributed by atoms with E-state index in [0.29, 0.717) is 13.1 Å². The first kappa shape index (κ1) is 17.0. The van der Waals surface area contributed by atoms with Gasteiger partial charge in [0, 0.05) is 19.1 Å². The van der Waals surface area contributed by atoms with E-state index in [1.54, 1.807) is 4.57 Å². The Labute approximate surface area is 145 Å². The maximum Gasteiger partial charge on any atom is 0.329 e. The Morgan fingerprint density at radius 3 is 2.28 bits per heavy atom. The molecule has 0 aliphatic rings. The summed E-state index contributed by atoms with van der Waals surface area (Å²) in [5, 5.41) is 2.82. The summed E-state index contributed by atoms with van der Waals surface area (Å²) in [6, 6.07) is 16.8. The molecule has 1 heterocycles. The lowest BCUT2D eigenvalue weighted by atomic mass is 10.1. The van der Waals surface area contributed by atoms with Crippen molar-refractivity contribution in [1.82, 2.24) is 14.5 Å². The molecule has 3 aromatic rings. The SMILES string of the molecule is CCn1c(=O)n(CC(=O)NCC(N)c2ccccc2)c2ccccc21. The van der Waals surface area contributed by atoms with Crippen LogP contribution in [0.1, 0.15) is 18.5 Å². The third kappa shape index (κ3) is 3.49. The number of carbonyl (C=O) groups excluding carboxylic acids is 1. The van der Waals surface area contributed by atoms with Crippen molar-refractivity contribution in [2.45, 2.75) is 26.1 Å². The van der Waals surface area contributed by atoms with Crippen LogP contribution in [0, 0.1) is 0 Å². The number of rotatable bonds is 6. The fourth-order valence-electron chi connectivity index (χ4n) is 2.97. The predicted octanol–water partition coefficient (Wildman–Crippen LogP) is 1.64. The van der Waals surface area contributed by atoms with E-state index < -0.39 is 0 Å². The number of hydrogen-bond acceptors (Lipinski definition) is 3. The van der Waals surface area contributed by atoms with Gasteiger partial charge in [0.05, 0.1) is 11.0 Å². The molecule has 0 aliphatic heterocycles. The lowest BCUT2D eigenvalue weighted by Crippen LogP contribution is -2.36. The molecule has 0 aliphatic carbocycles. The fourth-order valence-corrected chi connectivity index (χ4v) is 2.97. The van der Waals surface area contributed by atoms with Crippen LogP contribution < -0.4 is 16.7 Å². The third-order valence-corrected chi connectivity index (χ3v) is 4.29. The highest BCUT2D eigenvalue weighted by Gasteiger charge is 2.15. The van der Waals surface area contributed by atoms with Crippen molar-refractivity contribution in [2.24, 2.45) is 5.73 Å². The summed E-state index contributed by atoms with van der Waals surface area (Å²) in [5.41, 5.74) is 8.48. The second-order valence-corrected chi connectivity index (χ2v) is 5.92. The number of hydrogen-bond donors (Lipinski definition) is 2. The Hall–Kier alpha value is -2.86. The normalized spacial score (nSPS) is 12.2. The first-order chi connectivity index (χ1) is 12.1. The van der Waals surface area contributed by atoms with Gasteiger partial charge in [0.1, 0.15) is 6.54 Å². The number of nitrogens with one attached hydrogen (secondary N) is 1. The Morgan fingerprint density at radius 2 is 1.64 bits per heavy atom. The van der Waals surface area contributed by atoms with Crippen LogP contribution in [-0.2, 0) is 17.9 Å². The number of nitrogens with two attached hydrogens (primary N) is 1. The zero-order valence-corrected chi connectivity index (χ0v) is 14.2. The molecule has 1 aromatic heterocycles. The maximum absolute atomic E-state index is 12.5. The number of imidazole rings is 1. The standard InChI is InChI=1S/C19H22N4O2/c1-2-22-16-10-6-7-11-17(16)23(19(22)25)13-18(24)21-12-15(20)14-8-4-3-5-9-14/h3-11,15H,2,12-13,20H2,1H3,(H,21,24). The van der Waals surface area contributed by atoms with E-state index in [0.717, 1.165) is 16.6 Å². The van der Waals surface area contributed by atoms with Crippen molar-refractivity contribution in [2.75, 3.05) is 6.54 Å². The highest BCUT2D eigenvalue weighted by Crippen LogP contribution is 2.12. The van der Waals surface area contributed by atoms with Gasteiger partial charge in [-0.15, -0.1) is 0 Å². The summed E-state index contributed by atoms with van der Waals surface area (Å²) >= 11 is 0. The zero-order valence-electron chi connectivity index (χ0n) is 14.2. The molecule has 0 spiro atoms. The number of carbonyl (C=O) groups is 1. The smallest absolute Gasteiger partial charge is 0.329 e. The van der Waals surface area contributed by atoms with Crippen molar-refractivity contribution < 1.29 is 4.79 Å². The van der Waals surface area contributed by atoms with Crippen LogP contribution in [0.4, 0.5) is 0 Å². The van der Waals surface area contributed by atoms with Gasteiger partial charge in [0.15, 0.2) is 0 Å². The number of benzene rings is 2. The Balaban J connectivity index is 1.72. The second-order valence-electron chi connectivity index (χ2n) is 5.92. The molecule has 0 saturated heterocycles. The van der Waals surface area contributed by atoms with Gasteiger partial charge in [-0.1, -0.05) is 42.5 Å². The van der Waals surface area contributed by atoms with Gasteiger partial charge in [-0.2, -0.15) is 0 Å². The van der Waals surface area contributed by atoms with Crippen LogP contribution >= 0.6 is 0 Å². The average Bonchev–Trinajstić information content (AvgIpc) is 2.91. The van der Waals surface area contributed by atoms with E-state index >= 15 is 0 Å². The van der Waals surface area contributed by atoms with E-state index in [2.05, 4.69) is 5.32 Å². The molecule has 1 amide bonds. The number of aromatic nitrogens is 2. The summed E-state index contributed by atoms with van der Waals surface area (Å²) in [5.74, 6) is -0.229. The first-order valence-corrected chi connectivity index (χ1v) is 8.37. The first-order valence-electron chi connectivity index (χ1n) is 8.37. The lowest BCUT2D eigenvalue weighted by molar-refractivity contribution is -0.121. The van der Waals surface area contributed by atoms with Crippen molar-refractivity contribution in [1.29, 1.82) is 0 Å². The maximum atomic E-state index is 12.5. The van der Waals surface area contributed by atoms with Gasteiger partial charge >= 0.3 is 5.69 Å². The van der Waals surface area contributed by atoms with Crippen molar-refractivity contribution in [3.8, 4) is 0 Å². The van der Waals surface area contributed by atoms with Crippen LogP contribution in [-0.4, -0.2) is 21.6 Å². The quantitative estimate of drug-likeness (QED) is 0.717. The zero-order chi connectivity index (χ0) is 17.8. The Kier molecular flexibility index (Phi) is 5.00. The van der Waals surface area contributed by atoms with Crippen LogP contribution in [0.5, 0.6) is 0 Å². The second kappa shape index (κ2) is 7.36. The highest BCUT2D eigenvalue weighted by atomic mass is 16.2. The minimum absolute atomic E-state index is 0.0200. The van der Waals surface area contributed by atoms with Crippen LogP contribution in [0.3, 0.4) is 0 Å². The van der Waals surface area contributed by atoms with Crippen LogP contribution in [0.25, 0.3) is 11.0 Å². The van der Waals surface area contributed by atoms with E-state index in [-0.39, 0.29) is 24.2 Å². The van der Waals surface area contributed by atoms with Gasteiger partial charge in [-0.05, 0) is 24.6 Å². The molecule has 2 aromatic carbocycles. The minimum atomic E-state index is -0.279. The predicted molar refractivity (Wildman–Crippen MR) is 98.3 cm³/mol. The molecule has 25 heavy (non-hydrogen) atoms. The van der Waals surface area contributed by atoms with Gasteiger partial charge in [-0.3, -0.25) is 13.9 Å². The Morgan fingerprint density at radius 1 is 1.04 bits per heavy atom. The molecule has 0 saturated carbocycles. The topological polar surface area (TPSA) is 82.0 Å². The molecule has 3 rings (SSSR count). The minimum Gasteiger partial charge on any atom is -0.353 e. The largest absolute Gasteiger partial charge is 0.353 e. The molecule has 0 radical (unpaired) electrons. The fraction of sp³-hybridized carbons (Fsp3) is 0.263. The monoisotopic (exact) mass is 338 g/mol. The summed E-state index contributed by atoms with van der Waals surface area (Å²) in [6.45, 7) is 2.78. The molecule has 0 bridgehead atoms. The van der Waals surface area contributed by atoms with Crippen LogP contribution in [0.2, 0.25) is 0 Å². The molecular weight excluding hydrogens is 316 g/mol. The molecule has 6 heteroatoms. The molecule has 1 unspecified atom stereocenters. The van der Waals surface area contributed by atoms with Gasteiger partial charge < -0.3 is 11.1 Å².